The first-order chi connectivity index (χ1) is 9.92. The number of halogens is 2. The lowest BCUT2D eigenvalue weighted by atomic mass is 9.76. The molecular weight excluding hydrogens is 314 g/mol. The molecule has 1 saturated carbocycles. The highest BCUT2D eigenvalue weighted by Gasteiger charge is 2.44. The Balaban J connectivity index is 2.44. The number of rotatable bonds is 8. The molecule has 2 atom stereocenters. The first kappa shape index (κ1) is 18.5. The zero-order valence-electron chi connectivity index (χ0n) is 11.1. The van der Waals surface area contributed by atoms with Crippen molar-refractivity contribution in [3.63, 3.8) is 0 Å². The lowest BCUT2D eigenvalue weighted by Crippen LogP contribution is -2.33. The van der Waals surface area contributed by atoms with Gasteiger partial charge in [-0.25, -0.2) is 4.79 Å². The van der Waals surface area contributed by atoms with E-state index in [1.807, 2.05) is 0 Å². The summed E-state index contributed by atoms with van der Waals surface area (Å²) < 4.78 is 34.2. The molecule has 0 heterocycles. The van der Waals surface area contributed by atoms with Crippen molar-refractivity contribution in [2.45, 2.75) is 24.5 Å². The average molecular weight is 331 g/mol. The molecular formula is C11H17F2O7S-. The highest BCUT2D eigenvalue weighted by atomic mass is 32.2. The highest BCUT2D eigenvalue weighted by molar-refractivity contribution is 7.96. The number of hydrogen-bond acceptors (Lipinski definition) is 8. The van der Waals surface area contributed by atoms with E-state index in [9.17, 15) is 18.8 Å². The van der Waals surface area contributed by atoms with Crippen LogP contribution in [-0.2, 0) is 18.9 Å². The number of aliphatic hydroxyl groups excluding tert-OH is 2. The van der Waals surface area contributed by atoms with E-state index in [1.54, 1.807) is 0 Å². The minimum absolute atomic E-state index is 0.0494. The number of esters is 1. The molecule has 21 heavy (non-hydrogen) atoms. The molecule has 2 unspecified atom stereocenters. The third kappa shape index (κ3) is 6.01. The van der Waals surface area contributed by atoms with Crippen LogP contribution in [0.5, 0.6) is 0 Å². The number of aliphatic hydroxyl groups is 2. The molecule has 0 saturated heterocycles. The molecule has 0 spiro atoms. The van der Waals surface area contributed by atoms with Crippen LogP contribution >= 0.6 is 12.0 Å². The summed E-state index contributed by atoms with van der Waals surface area (Å²) in [6.45, 7) is -0.385. The van der Waals surface area contributed by atoms with Crippen molar-refractivity contribution in [1.29, 1.82) is 0 Å². The molecule has 0 radical (unpaired) electrons. The van der Waals surface area contributed by atoms with E-state index in [0.29, 0.717) is 19.3 Å². The molecule has 0 aliphatic heterocycles. The van der Waals surface area contributed by atoms with Crippen LogP contribution < -0.4 is 5.26 Å². The Hall–Kier alpha value is -0.520. The van der Waals surface area contributed by atoms with Crippen LogP contribution in [0.3, 0.4) is 0 Å². The largest absolute Gasteiger partial charge is 0.691 e. The summed E-state index contributed by atoms with van der Waals surface area (Å²) in [5, 5.41) is 26.5. The summed E-state index contributed by atoms with van der Waals surface area (Å²) in [4.78, 5) is 11.2. The second-order valence-corrected chi connectivity index (χ2v) is 5.82. The molecule has 0 bridgehead atoms. The number of carbonyl (C=O) groups excluding carboxylic acids is 1. The van der Waals surface area contributed by atoms with Crippen LogP contribution in [-0.4, -0.2) is 41.3 Å². The molecule has 124 valence electrons. The highest BCUT2D eigenvalue weighted by Crippen LogP contribution is 2.35. The topological polar surface area (TPSA) is 108 Å². The molecule has 0 amide bonds. The Labute approximate surface area is 124 Å². The fraction of sp³-hybridized carbons (Fsp3) is 0.909. The van der Waals surface area contributed by atoms with E-state index < -0.39 is 23.3 Å². The van der Waals surface area contributed by atoms with E-state index in [4.69, 9.17) is 10.2 Å². The zero-order valence-corrected chi connectivity index (χ0v) is 11.9. The summed E-state index contributed by atoms with van der Waals surface area (Å²) >= 11 is -0.739. The van der Waals surface area contributed by atoms with Crippen molar-refractivity contribution >= 4 is 18.0 Å². The smallest absolute Gasteiger partial charge is 0.415 e. The Morgan fingerprint density at radius 3 is 2.19 bits per heavy atom. The first-order valence-corrected chi connectivity index (χ1v) is 7.08. The lowest BCUT2D eigenvalue weighted by molar-refractivity contribution is -0.777. The van der Waals surface area contributed by atoms with Gasteiger partial charge in [-0.1, -0.05) is 0 Å². The summed E-state index contributed by atoms with van der Waals surface area (Å²) in [7, 11) is 0. The molecule has 2 N–H and O–H groups in total. The number of ether oxygens (including phenoxy) is 1. The van der Waals surface area contributed by atoms with Crippen LogP contribution in [0.25, 0.3) is 0 Å². The van der Waals surface area contributed by atoms with Crippen LogP contribution in [0.2, 0.25) is 0 Å². The quantitative estimate of drug-likeness (QED) is 0.277. The van der Waals surface area contributed by atoms with Crippen molar-refractivity contribution in [2.24, 2.45) is 17.8 Å². The third-order valence-corrected chi connectivity index (χ3v) is 3.87. The normalized spacial score (nSPS) is 26.6. The van der Waals surface area contributed by atoms with Crippen LogP contribution in [0.1, 0.15) is 19.3 Å². The Morgan fingerprint density at radius 1 is 1.19 bits per heavy atom. The Morgan fingerprint density at radius 2 is 1.71 bits per heavy atom. The predicted octanol–water partition coefficient (Wildman–Crippen LogP) is 0.0112. The minimum atomic E-state index is -4.05. The summed E-state index contributed by atoms with van der Waals surface area (Å²) in [5.74, 6) is -2.15. The molecule has 0 aromatic heterocycles. The molecule has 1 fully saturated rings. The van der Waals surface area contributed by atoms with Crippen LogP contribution in [0, 0.1) is 17.8 Å². The van der Waals surface area contributed by atoms with E-state index in [0.717, 1.165) is 0 Å². The van der Waals surface area contributed by atoms with Crippen LogP contribution in [0.4, 0.5) is 8.78 Å². The minimum Gasteiger partial charge on any atom is -0.691 e. The maximum Gasteiger partial charge on any atom is 0.415 e. The second kappa shape index (κ2) is 8.81. The number of carbonyl (C=O) groups is 1. The maximum atomic E-state index is 13.1. The van der Waals surface area contributed by atoms with Gasteiger partial charge in [0.1, 0.15) is 12.0 Å². The van der Waals surface area contributed by atoms with E-state index >= 15 is 0 Å². The standard InChI is InChI=1S/C11H18F2O7S/c12-11(13,21-20-19-17)10(16)18-6-9-2-7(4-14)1-8(3-9)5-15/h7-9,14-15,17H,1-6H2/p-1. The molecule has 7 nitrogen and oxygen atoms in total. The predicted molar refractivity (Wildman–Crippen MR) is 64.2 cm³/mol. The first-order valence-electron chi connectivity index (χ1n) is 6.34. The van der Waals surface area contributed by atoms with Gasteiger partial charge in [0.15, 0.2) is 0 Å². The van der Waals surface area contributed by atoms with Gasteiger partial charge in [-0.05, 0) is 37.0 Å². The van der Waals surface area contributed by atoms with Crippen molar-refractivity contribution in [3.05, 3.63) is 0 Å². The maximum absolute atomic E-state index is 13.1. The van der Waals surface area contributed by atoms with Gasteiger partial charge in [-0.3, -0.25) is 5.04 Å². The van der Waals surface area contributed by atoms with Gasteiger partial charge < -0.3 is 20.2 Å². The molecule has 1 rings (SSSR count). The lowest BCUT2D eigenvalue weighted by Gasteiger charge is -2.33. The second-order valence-electron chi connectivity index (χ2n) is 5.00. The van der Waals surface area contributed by atoms with Crippen molar-refractivity contribution < 1.29 is 43.2 Å². The van der Waals surface area contributed by atoms with Gasteiger partial charge in [0.05, 0.1) is 6.61 Å². The van der Waals surface area contributed by atoms with E-state index in [1.165, 1.54) is 0 Å². The van der Waals surface area contributed by atoms with Crippen molar-refractivity contribution in [2.75, 3.05) is 19.8 Å². The summed E-state index contributed by atoms with van der Waals surface area (Å²) in [6.07, 6.45) is 1.70. The Bertz CT molecular complexity index is 320. The summed E-state index contributed by atoms with van der Waals surface area (Å²) in [5.41, 5.74) is 0. The van der Waals surface area contributed by atoms with E-state index in [-0.39, 0.29) is 37.6 Å². The zero-order chi connectivity index (χ0) is 15.9. The average Bonchev–Trinajstić information content (AvgIpc) is 2.49. The Kier molecular flexibility index (Phi) is 7.77. The van der Waals surface area contributed by atoms with Gasteiger partial charge in [0.25, 0.3) is 0 Å². The molecule has 1 aliphatic rings. The fourth-order valence-electron chi connectivity index (χ4n) is 2.51. The molecule has 1 aliphatic carbocycles. The molecule has 10 heteroatoms. The van der Waals surface area contributed by atoms with E-state index in [2.05, 4.69) is 14.1 Å². The number of alkyl halides is 2. The van der Waals surface area contributed by atoms with Gasteiger partial charge in [-0.15, -0.1) is 0 Å². The molecule has 0 aromatic rings. The van der Waals surface area contributed by atoms with Gasteiger partial charge in [0.2, 0.25) is 0 Å². The number of hydrogen-bond donors (Lipinski definition) is 2. The van der Waals surface area contributed by atoms with Crippen LogP contribution in [0.15, 0.2) is 0 Å². The van der Waals surface area contributed by atoms with Crippen molar-refractivity contribution in [1.82, 2.24) is 0 Å². The SMILES string of the molecule is O=C(OCC1CC(CO)CC(CO)C1)C(F)(F)SOO[O-]. The summed E-state index contributed by atoms with van der Waals surface area (Å²) in [6, 6.07) is 0. The third-order valence-electron chi connectivity index (χ3n) is 3.37. The van der Waals surface area contributed by atoms with Gasteiger partial charge in [0, 0.05) is 13.2 Å². The van der Waals surface area contributed by atoms with Gasteiger partial charge >= 0.3 is 11.2 Å². The van der Waals surface area contributed by atoms with Crippen molar-refractivity contribution in [3.8, 4) is 0 Å². The molecule has 0 aromatic carbocycles. The van der Waals surface area contributed by atoms with Gasteiger partial charge in [-0.2, -0.15) is 13.1 Å². The fourth-order valence-corrected chi connectivity index (χ4v) is 2.75. The monoisotopic (exact) mass is 331 g/mol.